The molecule has 0 saturated carbocycles. The summed E-state index contributed by atoms with van der Waals surface area (Å²) >= 11 is 0. The van der Waals surface area contributed by atoms with E-state index in [-0.39, 0.29) is 0 Å². The van der Waals surface area contributed by atoms with Gasteiger partial charge in [0.05, 0.1) is 11.0 Å². The Bertz CT molecular complexity index is 797. The summed E-state index contributed by atoms with van der Waals surface area (Å²) in [6.07, 6.45) is 4.99. The van der Waals surface area contributed by atoms with Crippen LogP contribution in [0.15, 0.2) is 24.5 Å². The van der Waals surface area contributed by atoms with Crippen molar-refractivity contribution in [2.45, 2.75) is 13.8 Å². The van der Waals surface area contributed by atoms with E-state index in [0.717, 1.165) is 34.5 Å². The van der Waals surface area contributed by atoms with E-state index in [1.54, 1.807) is 12.4 Å². The fourth-order valence-electron chi connectivity index (χ4n) is 2.48. The molecular weight excluding hydrogens is 252 g/mol. The highest BCUT2D eigenvalue weighted by atomic mass is 16.1. The molecule has 0 aliphatic heterocycles. The molecule has 0 N–H and O–H groups in total. The summed E-state index contributed by atoms with van der Waals surface area (Å²) in [6, 6.07) is 3.66. The van der Waals surface area contributed by atoms with Crippen molar-refractivity contribution in [1.29, 1.82) is 0 Å². The third-order valence-corrected chi connectivity index (χ3v) is 3.59. The summed E-state index contributed by atoms with van der Waals surface area (Å²) in [4.78, 5) is 31.3. The van der Waals surface area contributed by atoms with Crippen molar-refractivity contribution < 1.29 is 9.59 Å². The van der Waals surface area contributed by atoms with Gasteiger partial charge in [-0.3, -0.25) is 19.6 Å². The van der Waals surface area contributed by atoms with Gasteiger partial charge >= 0.3 is 0 Å². The number of nitrogens with zero attached hydrogens (tertiary/aromatic N) is 2. The van der Waals surface area contributed by atoms with Crippen molar-refractivity contribution in [3.8, 4) is 0 Å². The van der Waals surface area contributed by atoms with Crippen LogP contribution in [-0.4, -0.2) is 22.5 Å². The minimum atomic E-state index is 0.618. The first-order chi connectivity index (χ1) is 9.67. The zero-order valence-corrected chi connectivity index (χ0v) is 11.2. The number of carbonyl (C=O) groups is 2. The molecule has 1 aromatic carbocycles. The highest BCUT2D eigenvalue weighted by molar-refractivity contribution is 6.12. The number of rotatable bonds is 2. The second-order valence-electron chi connectivity index (χ2n) is 4.80. The van der Waals surface area contributed by atoms with Crippen LogP contribution in [0, 0.1) is 13.8 Å². The van der Waals surface area contributed by atoms with Gasteiger partial charge in [0.1, 0.15) is 0 Å². The van der Waals surface area contributed by atoms with Crippen LogP contribution in [0.2, 0.25) is 0 Å². The number of carbonyl (C=O) groups excluding carboxylic acids is 2. The predicted molar refractivity (Wildman–Crippen MR) is 77.3 cm³/mol. The first-order valence-corrected chi connectivity index (χ1v) is 6.25. The molecule has 4 heteroatoms. The van der Waals surface area contributed by atoms with Crippen LogP contribution in [0.25, 0.3) is 21.8 Å². The third-order valence-electron chi connectivity index (χ3n) is 3.59. The molecule has 0 amide bonds. The van der Waals surface area contributed by atoms with Crippen molar-refractivity contribution >= 4 is 34.4 Å². The smallest absolute Gasteiger partial charge is 0.151 e. The summed E-state index contributed by atoms with van der Waals surface area (Å²) in [5, 5.41) is 1.53. The summed E-state index contributed by atoms with van der Waals surface area (Å²) in [6.45, 7) is 3.69. The quantitative estimate of drug-likeness (QED) is 0.527. The molecule has 0 aliphatic carbocycles. The Morgan fingerprint density at radius 2 is 1.20 bits per heavy atom. The lowest BCUT2D eigenvalue weighted by Crippen LogP contribution is -1.96. The Kier molecular flexibility index (Phi) is 2.79. The van der Waals surface area contributed by atoms with Crippen molar-refractivity contribution in [2.75, 3.05) is 0 Å². The van der Waals surface area contributed by atoms with E-state index >= 15 is 0 Å². The number of fused-ring (bicyclic) bond motifs is 3. The Hall–Kier alpha value is -2.62. The summed E-state index contributed by atoms with van der Waals surface area (Å²) < 4.78 is 0. The number of benzene rings is 1. The highest BCUT2D eigenvalue weighted by Gasteiger charge is 2.12. The number of aldehydes is 2. The number of aromatic nitrogens is 2. The second-order valence-corrected chi connectivity index (χ2v) is 4.80. The molecule has 4 nitrogen and oxygen atoms in total. The monoisotopic (exact) mass is 264 g/mol. The molecule has 20 heavy (non-hydrogen) atoms. The Balaban J connectivity index is 2.55. The molecule has 2 aromatic heterocycles. The minimum Gasteiger partial charge on any atom is -0.298 e. The first kappa shape index (κ1) is 12.4. The van der Waals surface area contributed by atoms with E-state index in [2.05, 4.69) is 9.97 Å². The van der Waals surface area contributed by atoms with Gasteiger partial charge in [-0.05, 0) is 25.0 Å². The second kappa shape index (κ2) is 4.49. The zero-order valence-electron chi connectivity index (χ0n) is 11.2. The standard InChI is InChI=1S/C16H12N2O2/c1-9-5-17-15-11(13(9)7-19)3-4-12-14(8-20)10(2)6-18-16(12)15/h3-8H,1-2H3. The highest BCUT2D eigenvalue weighted by Crippen LogP contribution is 2.28. The van der Waals surface area contributed by atoms with Crippen LogP contribution >= 0.6 is 0 Å². The van der Waals surface area contributed by atoms with Gasteiger partial charge in [-0.2, -0.15) is 0 Å². The average molecular weight is 264 g/mol. The molecule has 0 aliphatic rings. The molecule has 0 bridgehead atoms. The Morgan fingerprint density at radius 3 is 1.55 bits per heavy atom. The van der Waals surface area contributed by atoms with Crippen molar-refractivity contribution in [2.24, 2.45) is 0 Å². The maximum atomic E-state index is 11.3. The first-order valence-electron chi connectivity index (χ1n) is 6.25. The topological polar surface area (TPSA) is 59.9 Å². The average Bonchev–Trinajstić information content (AvgIpc) is 2.46. The van der Waals surface area contributed by atoms with Crippen LogP contribution in [-0.2, 0) is 0 Å². The van der Waals surface area contributed by atoms with Gasteiger partial charge in [-0.15, -0.1) is 0 Å². The lowest BCUT2D eigenvalue weighted by atomic mass is 10.00. The number of hydrogen-bond donors (Lipinski definition) is 0. The molecule has 0 fully saturated rings. The molecule has 3 rings (SSSR count). The summed E-state index contributed by atoms with van der Waals surface area (Å²) in [5.74, 6) is 0. The van der Waals surface area contributed by atoms with Crippen molar-refractivity contribution in [3.05, 3.63) is 46.8 Å². The minimum absolute atomic E-state index is 0.618. The molecule has 2 heterocycles. The molecule has 98 valence electrons. The van der Waals surface area contributed by atoms with Gasteiger partial charge in [0.2, 0.25) is 0 Å². The Labute approximate surface area is 115 Å². The van der Waals surface area contributed by atoms with Crippen LogP contribution in [0.4, 0.5) is 0 Å². The SMILES string of the molecule is Cc1cnc2c(ccc3c(C=O)c(C)cnc32)c1C=O. The van der Waals surface area contributed by atoms with Crippen LogP contribution in [0.1, 0.15) is 31.8 Å². The van der Waals surface area contributed by atoms with Gasteiger partial charge in [0, 0.05) is 34.3 Å². The predicted octanol–water partition coefficient (Wildman–Crippen LogP) is 3.02. The van der Waals surface area contributed by atoms with Gasteiger partial charge in [0.25, 0.3) is 0 Å². The molecular formula is C16H12N2O2. The van der Waals surface area contributed by atoms with E-state index < -0.39 is 0 Å². The number of aryl methyl sites for hydroxylation is 2. The van der Waals surface area contributed by atoms with Crippen LogP contribution in [0.5, 0.6) is 0 Å². The maximum Gasteiger partial charge on any atom is 0.151 e. The van der Waals surface area contributed by atoms with Gasteiger partial charge < -0.3 is 0 Å². The van der Waals surface area contributed by atoms with E-state index in [1.165, 1.54) is 0 Å². The van der Waals surface area contributed by atoms with Crippen molar-refractivity contribution in [3.63, 3.8) is 0 Å². The molecule has 0 radical (unpaired) electrons. The van der Waals surface area contributed by atoms with Gasteiger partial charge in [-0.1, -0.05) is 12.1 Å². The molecule has 3 aromatic rings. The van der Waals surface area contributed by atoms with Gasteiger partial charge in [-0.25, -0.2) is 0 Å². The van der Waals surface area contributed by atoms with E-state index in [1.807, 2.05) is 26.0 Å². The zero-order chi connectivity index (χ0) is 14.3. The lowest BCUT2D eigenvalue weighted by Gasteiger charge is -2.09. The number of hydrogen-bond acceptors (Lipinski definition) is 4. The summed E-state index contributed by atoms with van der Waals surface area (Å²) in [5.41, 5.74) is 4.19. The molecule has 0 atom stereocenters. The number of pyridine rings is 2. The van der Waals surface area contributed by atoms with E-state index in [9.17, 15) is 9.59 Å². The maximum absolute atomic E-state index is 11.3. The normalized spacial score (nSPS) is 10.9. The van der Waals surface area contributed by atoms with Crippen molar-refractivity contribution in [1.82, 2.24) is 9.97 Å². The van der Waals surface area contributed by atoms with E-state index in [4.69, 9.17) is 0 Å². The molecule has 0 spiro atoms. The van der Waals surface area contributed by atoms with Crippen LogP contribution in [0.3, 0.4) is 0 Å². The molecule has 0 unspecified atom stereocenters. The lowest BCUT2D eigenvalue weighted by molar-refractivity contribution is 0.111. The molecule has 0 saturated heterocycles. The fraction of sp³-hybridized carbons (Fsp3) is 0.125. The largest absolute Gasteiger partial charge is 0.298 e. The third kappa shape index (κ3) is 1.61. The fourth-order valence-corrected chi connectivity index (χ4v) is 2.48. The van der Waals surface area contributed by atoms with E-state index in [0.29, 0.717) is 22.2 Å². The van der Waals surface area contributed by atoms with Crippen LogP contribution < -0.4 is 0 Å². The Morgan fingerprint density at radius 1 is 0.800 bits per heavy atom. The summed E-state index contributed by atoms with van der Waals surface area (Å²) in [7, 11) is 0. The van der Waals surface area contributed by atoms with Gasteiger partial charge in [0.15, 0.2) is 12.6 Å².